The SMILES string of the molecule is Cc1ccccc1NC(=O)c1cc2ccccc2cc1OCC(=O)NC(C)(C)C. The molecule has 5 nitrogen and oxygen atoms in total. The Morgan fingerprint density at radius 1 is 0.931 bits per heavy atom. The Bertz CT molecular complexity index is 1050. The van der Waals surface area contributed by atoms with Gasteiger partial charge in [0.25, 0.3) is 11.8 Å². The third-order valence-corrected chi connectivity index (χ3v) is 4.36. The summed E-state index contributed by atoms with van der Waals surface area (Å²) in [5.41, 5.74) is 1.74. The van der Waals surface area contributed by atoms with Crippen molar-refractivity contribution < 1.29 is 14.3 Å². The average molecular weight is 390 g/mol. The lowest BCUT2D eigenvalue weighted by Gasteiger charge is -2.21. The summed E-state index contributed by atoms with van der Waals surface area (Å²) in [5, 5.41) is 7.66. The zero-order chi connectivity index (χ0) is 21.0. The van der Waals surface area contributed by atoms with Crippen molar-refractivity contribution in [3.8, 4) is 5.75 Å². The van der Waals surface area contributed by atoms with E-state index in [1.807, 2.05) is 76.2 Å². The van der Waals surface area contributed by atoms with E-state index in [-0.39, 0.29) is 24.0 Å². The summed E-state index contributed by atoms with van der Waals surface area (Å²) in [7, 11) is 0. The summed E-state index contributed by atoms with van der Waals surface area (Å²) in [6, 6.07) is 18.9. The van der Waals surface area contributed by atoms with Gasteiger partial charge in [-0.3, -0.25) is 9.59 Å². The lowest BCUT2D eigenvalue weighted by Crippen LogP contribution is -2.43. The van der Waals surface area contributed by atoms with Crippen LogP contribution in [-0.4, -0.2) is 24.0 Å². The highest BCUT2D eigenvalue weighted by molar-refractivity contribution is 6.09. The first kappa shape index (κ1) is 20.4. The molecule has 0 bridgehead atoms. The highest BCUT2D eigenvalue weighted by Gasteiger charge is 2.18. The summed E-state index contributed by atoms with van der Waals surface area (Å²) >= 11 is 0. The van der Waals surface area contributed by atoms with Gasteiger partial charge in [-0.1, -0.05) is 42.5 Å². The number of carbonyl (C=O) groups excluding carboxylic acids is 2. The molecule has 0 unspecified atom stereocenters. The number of hydrogen-bond acceptors (Lipinski definition) is 3. The number of para-hydroxylation sites is 1. The molecule has 3 aromatic rings. The molecule has 0 atom stereocenters. The maximum absolute atomic E-state index is 13.0. The van der Waals surface area contributed by atoms with Crippen molar-refractivity contribution in [2.75, 3.05) is 11.9 Å². The number of ether oxygens (including phenoxy) is 1. The summed E-state index contributed by atoms with van der Waals surface area (Å²) in [6.07, 6.45) is 0. The minimum Gasteiger partial charge on any atom is -0.483 e. The highest BCUT2D eigenvalue weighted by atomic mass is 16.5. The average Bonchev–Trinajstić information content (AvgIpc) is 2.66. The number of anilines is 1. The van der Waals surface area contributed by atoms with Gasteiger partial charge in [0.1, 0.15) is 5.75 Å². The smallest absolute Gasteiger partial charge is 0.259 e. The second kappa shape index (κ2) is 8.35. The van der Waals surface area contributed by atoms with Crippen LogP contribution in [0.4, 0.5) is 5.69 Å². The Morgan fingerprint density at radius 2 is 1.55 bits per heavy atom. The molecule has 0 aliphatic carbocycles. The van der Waals surface area contributed by atoms with E-state index in [1.165, 1.54) is 0 Å². The summed E-state index contributed by atoms with van der Waals surface area (Å²) < 4.78 is 5.77. The number of hydrogen-bond donors (Lipinski definition) is 2. The number of carbonyl (C=O) groups is 2. The third-order valence-electron chi connectivity index (χ3n) is 4.36. The zero-order valence-electron chi connectivity index (χ0n) is 17.2. The van der Waals surface area contributed by atoms with Crippen LogP contribution in [0.2, 0.25) is 0 Å². The second-order valence-corrected chi connectivity index (χ2v) is 8.05. The van der Waals surface area contributed by atoms with Crippen LogP contribution < -0.4 is 15.4 Å². The minimum absolute atomic E-state index is 0.166. The van der Waals surface area contributed by atoms with E-state index in [4.69, 9.17) is 4.74 Å². The van der Waals surface area contributed by atoms with Gasteiger partial charge in [-0.2, -0.15) is 0 Å². The van der Waals surface area contributed by atoms with Crippen molar-refractivity contribution in [2.45, 2.75) is 33.2 Å². The molecule has 0 spiro atoms. The lowest BCUT2D eigenvalue weighted by molar-refractivity contribution is -0.124. The van der Waals surface area contributed by atoms with E-state index in [2.05, 4.69) is 10.6 Å². The Morgan fingerprint density at radius 3 is 2.21 bits per heavy atom. The fourth-order valence-electron chi connectivity index (χ4n) is 3.02. The zero-order valence-corrected chi connectivity index (χ0v) is 17.2. The molecule has 0 heterocycles. The van der Waals surface area contributed by atoms with Crippen molar-refractivity contribution in [2.24, 2.45) is 0 Å². The van der Waals surface area contributed by atoms with E-state index in [0.29, 0.717) is 11.3 Å². The number of benzene rings is 3. The van der Waals surface area contributed by atoms with E-state index in [0.717, 1.165) is 22.0 Å². The van der Waals surface area contributed by atoms with Crippen molar-refractivity contribution in [1.29, 1.82) is 0 Å². The fourth-order valence-corrected chi connectivity index (χ4v) is 3.02. The van der Waals surface area contributed by atoms with Crippen molar-refractivity contribution in [3.63, 3.8) is 0 Å². The summed E-state index contributed by atoms with van der Waals surface area (Å²) in [6.45, 7) is 7.48. The number of amides is 2. The largest absolute Gasteiger partial charge is 0.483 e. The highest BCUT2D eigenvalue weighted by Crippen LogP contribution is 2.27. The molecule has 150 valence electrons. The summed E-state index contributed by atoms with van der Waals surface area (Å²) in [5.74, 6) is -0.147. The molecule has 2 N–H and O–H groups in total. The van der Waals surface area contributed by atoms with E-state index in [1.54, 1.807) is 12.1 Å². The van der Waals surface area contributed by atoms with Crippen LogP contribution in [0, 0.1) is 6.92 Å². The first-order valence-corrected chi connectivity index (χ1v) is 9.56. The quantitative estimate of drug-likeness (QED) is 0.664. The van der Waals surface area contributed by atoms with Gasteiger partial charge in [-0.25, -0.2) is 0 Å². The molecule has 0 aliphatic rings. The second-order valence-electron chi connectivity index (χ2n) is 8.05. The van der Waals surface area contributed by atoms with Gasteiger partial charge in [0.05, 0.1) is 5.56 Å². The number of rotatable bonds is 5. The van der Waals surface area contributed by atoms with Crippen LogP contribution >= 0.6 is 0 Å². The van der Waals surface area contributed by atoms with Gasteiger partial charge < -0.3 is 15.4 Å². The molecule has 0 fully saturated rings. The van der Waals surface area contributed by atoms with Gasteiger partial charge in [0.2, 0.25) is 0 Å². The van der Waals surface area contributed by atoms with Crippen LogP contribution in [-0.2, 0) is 4.79 Å². The van der Waals surface area contributed by atoms with Gasteiger partial charge in [-0.15, -0.1) is 0 Å². The first-order valence-electron chi connectivity index (χ1n) is 9.56. The standard InChI is InChI=1S/C24H26N2O3/c1-16-9-5-8-12-20(16)25-23(28)19-13-17-10-6-7-11-18(17)14-21(19)29-15-22(27)26-24(2,3)4/h5-14H,15H2,1-4H3,(H,25,28)(H,26,27). The van der Waals surface area contributed by atoms with E-state index < -0.39 is 0 Å². The maximum atomic E-state index is 13.0. The molecular formula is C24H26N2O3. The first-order chi connectivity index (χ1) is 13.7. The summed E-state index contributed by atoms with van der Waals surface area (Å²) in [4.78, 5) is 25.2. The molecule has 2 amide bonds. The van der Waals surface area contributed by atoms with Crippen LogP contribution in [0.25, 0.3) is 10.8 Å². The van der Waals surface area contributed by atoms with Crippen molar-refractivity contribution >= 4 is 28.3 Å². The lowest BCUT2D eigenvalue weighted by atomic mass is 10.0. The van der Waals surface area contributed by atoms with Gasteiger partial charge in [-0.05, 0) is 62.2 Å². The minimum atomic E-state index is -0.352. The van der Waals surface area contributed by atoms with Crippen LogP contribution in [0.3, 0.4) is 0 Å². The van der Waals surface area contributed by atoms with Crippen LogP contribution in [0.15, 0.2) is 60.7 Å². The fraction of sp³-hybridized carbons (Fsp3) is 0.250. The van der Waals surface area contributed by atoms with E-state index >= 15 is 0 Å². The van der Waals surface area contributed by atoms with Gasteiger partial charge in [0.15, 0.2) is 6.61 Å². The molecule has 0 saturated carbocycles. The van der Waals surface area contributed by atoms with Gasteiger partial charge in [0, 0.05) is 11.2 Å². The topological polar surface area (TPSA) is 67.4 Å². The molecule has 29 heavy (non-hydrogen) atoms. The molecule has 5 heteroatoms. The number of aryl methyl sites for hydroxylation is 1. The molecule has 0 aliphatic heterocycles. The van der Waals surface area contributed by atoms with Crippen LogP contribution in [0.5, 0.6) is 5.75 Å². The number of fused-ring (bicyclic) bond motifs is 1. The molecular weight excluding hydrogens is 364 g/mol. The normalized spacial score (nSPS) is 11.2. The maximum Gasteiger partial charge on any atom is 0.259 e. The Labute approximate surface area is 171 Å². The third kappa shape index (κ3) is 5.35. The van der Waals surface area contributed by atoms with E-state index in [9.17, 15) is 9.59 Å². The Hall–Kier alpha value is -3.34. The number of nitrogens with one attached hydrogen (secondary N) is 2. The predicted octanol–water partition coefficient (Wildman–Crippen LogP) is 4.69. The van der Waals surface area contributed by atoms with Crippen molar-refractivity contribution in [3.05, 3.63) is 71.8 Å². The predicted molar refractivity (Wildman–Crippen MR) is 116 cm³/mol. The monoisotopic (exact) mass is 390 g/mol. The molecule has 3 aromatic carbocycles. The molecule has 0 radical (unpaired) electrons. The van der Waals surface area contributed by atoms with Gasteiger partial charge >= 0.3 is 0 Å². The molecule has 0 aromatic heterocycles. The van der Waals surface area contributed by atoms with Crippen LogP contribution in [0.1, 0.15) is 36.7 Å². The Balaban J connectivity index is 1.90. The molecule has 3 rings (SSSR count). The Kier molecular flexibility index (Phi) is 5.87. The molecule has 0 saturated heterocycles. The van der Waals surface area contributed by atoms with Crippen molar-refractivity contribution in [1.82, 2.24) is 5.32 Å².